The highest BCUT2D eigenvalue weighted by molar-refractivity contribution is 7.99. The van der Waals surface area contributed by atoms with Gasteiger partial charge < -0.3 is 15.3 Å². The van der Waals surface area contributed by atoms with E-state index in [1.165, 1.54) is 18.2 Å². The number of carbonyl (C=O) groups excluding carboxylic acids is 1. The maximum atomic E-state index is 12.1. The Labute approximate surface area is 126 Å². The number of nitrogens with zero attached hydrogens (tertiary/aromatic N) is 1. The van der Waals surface area contributed by atoms with Crippen molar-refractivity contribution in [2.24, 2.45) is 0 Å². The third-order valence-corrected chi connectivity index (χ3v) is 4.43. The Hall–Kier alpha value is -1.40. The summed E-state index contributed by atoms with van der Waals surface area (Å²) < 4.78 is 0. The van der Waals surface area contributed by atoms with Crippen LogP contribution in [0.5, 0.6) is 0 Å². The van der Waals surface area contributed by atoms with Gasteiger partial charge in [0.05, 0.1) is 10.6 Å². The van der Waals surface area contributed by atoms with E-state index in [1.54, 1.807) is 4.90 Å². The van der Waals surface area contributed by atoms with Gasteiger partial charge in [0, 0.05) is 29.8 Å². The van der Waals surface area contributed by atoms with Gasteiger partial charge in [-0.3, -0.25) is 0 Å². The highest BCUT2D eigenvalue weighted by Crippen LogP contribution is 2.22. The number of amides is 2. The minimum atomic E-state index is -1.09. The number of halogens is 1. The second kappa shape index (κ2) is 6.37. The summed E-state index contributed by atoms with van der Waals surface area (Å²) in [5.74, 6) is -0.164. The highest BCUT2D eigenvalue weighted by atomic mass is 35.5. The molecule has 1 aliphatic rings. The van der Waals surface area contributed by atoms with E-state index < -0.39 is 5.97 Å². The van der Waals surface area contributed by atoms with Crippen molar-refractivity contribution >= 4 is 41.1 Å². The van der Waals surface area contributed by atoms with Crippen LogP contribution in [0.15, 0.2) is 18.2 Å². The Morgan fingerprint density at radius 1 is 1.50 bits per heavy atom. The summed E-state index contributed by atoms with van der Waals surface area (Å²) in [4.78, 5) is 24.7. The maximum Gasteiger partial charge on any atom is 0.337 e. The Balaban J connectivity index is 2.04. The molecular weight excluding hydrogens is 300 g/mol. The van der Waals surface area contributed by atoms with Crippen LogP contribution in [0.3, 0.4) is 0 Å². The lowest BCUT2D eigenvalue weighted by molar-refractivity contribution is 0.0697. The largest absolute Gasteiger partial charge is 0.478 e. The van der Waals surface area contributed by atoms with Crippen molar-refractivity contribution in [3.63, 3.8) is 0 Å². The van der Waals surface area contributed by atoms with Crippen LogP contribution in [0.2, 0.25) is 5.02 Å². The fourth-order valence-electron chi connectivity index (χ4n) is 1.97. The first-order chi connectivity index (χ1) is 9.47. The first-order valence-corrected chi connectivity index (χ1v) is 7.60. The second-order valence-corrected chi connectivity index (χ2v) is 6.51. The molecule has 108 valence electrons. The number of carbonyl (C=O) groups is 2. The third kappa shape index (κ3) is 3.58. The highest BCUT2D eigenvalue weighted by Gasteiger charge is 2.21. The van der Waals surface area contributed by atoms with Crippen molar-refractivity contribution in [2.75, 3.05) is 24.2 Å². The van der Waals surface area contributed by atoms with E-state index in [0.717, 1.165) is 5.75 Å². The van der Waals surface area contributed by atoms with Gasteiger partial charge >= 0.3 is 12.0 Å². The van der Waals surface area contributed by atoms with E-state index in [1.807, 2.05) is 11.8 Å². The molecule has 0 spiro atoms. The Morgan fingerprint density at radius 2 is 2.25 bits per heavy atom. The summed E-state index contributed by atoms with van der Waals surface area (Å²) in [7, 11) is 0. The number of urea groups is 1. The molecule has 2 N–H and O–H groups in total. The monoisotopic (exact) mass is 314 g/mol. The normalized spacial score (nSPS) is 18.7. The summed E-state index contributed by atoms with van der Waals surface area (Å²) in [5.41, 5.74) is 0.517. The minimum absolute atomic E-state index is 0.0210. The van der Waals surface area contributed by atoms with Gasteiger partial charge in [0.1, 0.15) is 0 Å². The summed E-state index contributed by atoms with van der Waals surface area (Å²) in [6, 6.07) is 4.19. The number of hydrogen-bond acceptors (Lipinski definition) is 3. The Bertz CT molecular complexity index is 538. The van der Waals surface area contributed by atoms with Crippen molar-refractivity contribution in [3.05, 3.63) is 28.8 Å². The number of anilines is 1. The predicted octanol–water partition coefficient (Wildman–Crippen LogP) is 3.01. The number of benzene rings is 1. The van der Waals surface area contributed by atoms with Crippen molar-refractivity contribution < 1.29 is 14.7 Å². The van der Waals surface area contributed by atoms with Crippen molar-refractivity contribution in [2.45, 2.75) is 12.2 Å². The number of carboxylic acid groups (broad SMARTS) is 1. The van der Waals surface area contributed by atoms with Gasteiger partial charge in [-0.2, -0.15) is 11.8 Å². The zero-order chi connectivity index (χ0) is 14.7. The summed E-state index contributed by atoms with van der Waals surface area (Å²) in [5, 5.41) is 12.2. The molecule has 7 heteroatoms. The van der Waals surface area contributed by atoms with Gasteiger partial charge in [0.2, 0.25) is 0 Å². The molecule has 1 aliphatic heterocycles. The zero-order valence-electron chi connectivity index (χ0n) is 10.9. The van der Waals surface area contributed by atoms with Crippen LogP contribution in [0.25, 0.3) is 0 Å². The lowest BCUT2D eigenvalue weighted by Crippen LogP contribution is -2.43. The van der Waals surface area contributed by atoms with E-state index in [-0.39, 0.29) is 16.6 Å². The minimum Gasteiger partial charge on any atom is -0.478 e. The molecule has 0 aliphatic carbocycles. The molecule has 1 aromatic rings. The van der Waals surface area contributed by atoms with Crippen LogP contribution in [0.1, 0.15) is 17.3 Å². The molecule has 5 nitrogen and oxygen atoms in total. The summed E-state index contributed by atoms with van der Waals surface area (Å²) >= 11 is 7.71. The van der Waals surface area contributed by atoms with Gasteiger partial charge in [-0.25, -0.2) is 9.59 Å². The van der Waals surface area contributed by atoms with Crippen LogP contribution >= 0.6 is 23.4 Å². The summed E-state index contributed by atoms with van der Waals surface area (Å²) in [6.07, 6.45) is 0. The molecule has 20 heavy (non-hydrogen) atoms. The lowest BCUT2D eigenvalue weighted by atomic mass is 10.2. The molecule has 1 atom stereocenters. The second-order valence-electron chi connectivity index (χ2n) is 4.56. The number of nitrogens with one attached hydrogen (secondary N) is 1. The molecule has 2 rings (SSSR count). The fourth-order valence-corrected chi connectivity index (χ4v) is 3.25. The molecular formula is C13H15ClN2O3S. The molecule has 0 bridgehead atoms. The molecule has 1 aromatic carbocycles. The number of rotatable bonds is 2. The van der Waals surface area contributed by atoms with Crippen molar-refractivity contribution in [1.82, 2.24) is 4.90 Å². The molecule has 2 amide bonds. The standard InChI is InChI=1S/C13H15ClN2O3S/c1-8-7-16(4-5-20-8)13(19)15-9-2-3-10(12(17)18)11(14)6-9/h2-3,6,8H,4-5,7H2,1H3,(H,15,19)(H,17,18). The molecule has 1 fully saturated rings. The molecule has 1 saturated heterocycles. The fraction of sp³-hybridized carbons (Fsp3) is 0.385. The van der Waals surface area contributed by atoms with Crippen molar-refractivity contribution in [3.8, 4) is 0 Å². The van der Waals surface area contributed by atoms with E-state index in [9.17, 15) is 9.59 Å². The van der Waals surface area contributed by atoms with E-state index in [0.29, 0.717) is 24.0 Å². The molecule has 0 aromatic heterocycles. The van der Waals surface area contributed by atoms with Crippen LogP contribution in [-0.2, 0) is 0 Å². The Kier molecular flexibility index (Phi) is 4.77. The van der Waals surface area contributed by atoms with Gasteiger partial charge in [-0.1, -0.05) is 18.5 Å². The first-order valence-electron chi connectivity index (χ1n) is 6.17. The van der Waals surface area contributed by atoms with Gasteiger partial charge in [-0.15, -0.1) is 0 Å². The smallest absolute Gasteiger partial charge is 0.337 e. The van der Waals surface area contributed by atoms with E-state index in [4.69, 9.17) is 16.7 Å². The molecule has 0 radical (unpaired) electrons. The molecule has 1 unspecified atom stereocenters. The quantitative estimate of drug-likeness (QED) is 0.880. The average Bonchev–Trinajstić information content (AvgIpc) is 2.38. The van der Waals surface area contributed by atoms with Gasteiger partial charge in [-0.05, 0) is 18.2 Å². The average molecular weight is 315 g/mol. The maximum absolute atomic E-state index is 12.1. The SMILES string of the molecule is CC1CN(C(=O)Nc2ccc(C(=O)O)c(Cl)c2)CCS1. The predicted molar refractivity (Wildman–Crippen MR) is 80.9 cm³/mol. The lowest BCUT2D eigenvalue weighted by Gasteiger charge is -2.30. The van der Waals surface area contributed by atoms with Gasteiger partial charge in [0.25, 0.3) is 0 Å². The molecule has 1 heterocycles. The first kappa shape index (κ1) is 15.0. The topological polar surface area (TPSA) is 69.6 Å². The van der Waals surface area contributed by atoms with Crippen LogP contribution in [-0.4, -0.2) is 46.1 Å². The van der Waals surface area contributed by atoms with Crippen LogP contribution < -0.4 is 5.32 Å². The number of hydrogen-bond donors (Lipinski definition) is 2. The Morgan fingerprint density at radius 3 is 2.85 bits per heavy atom. The van der Waals surface area contributed by atoms with E-state index in [2.05, 4.69) is 12.2 Å². The van der Waals surface area contributed by atoms with Gasteiger partial charge in [0.15, 0.2) is 0 Å². The van der Waals surface area contributed by atoms with Crippen LogP contribution in [0, 0.1) is 0 Å². The number of aromatic carboxylic acids is 1. The number of carboxylic acids is 1. The summed E-state index contributed by atoms with van der Waals surface area (Å²) in [6.45, 7) is 3.50. The van der Waals surface area contributed by atoms with Crippen molar-refractivity contribution in [1.29, 1.82) is 0 Å². The number of thioether (sulfide) groups is 1. The molecule has 0 saturated carbocycles. The van der Waals surface area contributed by atoms with E-state index >= 15 is 0 Å². The van der Waals surface area contributed by atoms with Crippen LogP contribution in [0.4, 0.5) is 10.5 Å². The zero-order valence-corrected chi connectivity index (χ0v) is 12.5. The third-order valence-electron chi connectivity index (χ3n) is 2.98.